The zero-order chi connectivity index (χ0) is 16.7. The molecule has 4 nitrogen and oxygen atoms in total. The van der Waals surface area contributed by atoms with Crippen molar-refractivity contribution in [2.24, 2.45) is 35.0 Å². The first-order chi connectivity index (χ1) is 9.94. The van der Waals surface area contributed by atoms with E-state index in [0.29, 0.717) is 17.8 Å². The second kappa shape index (κ2) is 4.47. The molecule has 8 atom stereocenters. The van der Waals surface area contributed by atoms with E-state index in [9.17, 15) is 15.0 Å². The van der Waals surface area contributed by atoms with E-state index in [1.807, 2.05) is 6.92 Å². The number of hydrogen-bond acceptors (Lipinski definition) is 4. The number of ether oxygens (including phenoxy) is 1. The maximum Gasteiger partial charge on any atom is 0.341 e. The summed E-state index contributed by atoms with van der Waals surface area (Å²) in [6.07, 6.45) is 1.28. The minimum atomic E-state index is -1.83. The van der Waals surface area contributed by atoms with E-state index < -0.39 is 23.3 Å². The van der Waals surface area contributed by atoms with Crippen molar-refractivity contribution in [2.45, 2.75) is 71.7 Å². The maximum absolute atomic E-state index is 12.2. The molecule has 0 aromatic carbocycles. The van der Waals surface area contributed by atoms with Gasteiger partial charge in [-0.1, -0.05) is 34.6 Å². The molecule has 3 fully saturated rings. The molecule has 1 heterocycles. The van der Waals surface area contributed by atoms with Gasteiger partial charge in [-0.2, -0.15) is 0 Å². The summed E-state index contributed by atoms with van der Waals surface area (Å²) >= 11 is 0. The van der Waals surface area contributed by atoms with Crippen molar-refractivity contribution < 1.29 is 19.7 Å². The maximum atomic E-state index is 12.2. The van der Waals surface area contributed by atoms with Gasteiger partial charge in [0.25, 0.3) is 0 Å². The van der Waals surface area contributed by atoms with Crippen LogP contribution in [0, 0.1) is 35.0 Å². The lowest BCUT2D eigenvalue weighted by Crippen LogP contribution is -2.61. The van der Waals surface area contributed by atoms with E-state index in [1.165, 1.54) is 6.92 Å². The Morgan fingerprint density at radius 2 is 1.73 bits per heavy atom. The molecule has 126 valence electrons. The molecule has 0 amide bonds. The molecule has 0 radical (unpaired) electrons. The zero-order valence-corrected chi connectivity index (χ0v) is 14.6. The largest absolute Gasteiger partial charge is 0.457 e. The Morgan fingerprint density at radius 1 is 1.14 bits per heavy atom. The van der Waals surface area contributed by atoms with Crippen LogP contribution in [-0.4, -0.2) is 33.5 Å². The Bertz CT molecular complexity index is 497. The van der Waals surface area contributed by atoms with Crippen LogP contribution in [0.25, 0.3) is 0 Å². The predicted molar refractivity (Wildman–Crippen MR) is 82.9 cm³/mol. The Balaban J connectivity index is 2.15. The number of carbonyl (C=O) groups excluding carboxylic acids is 1. The van der Waals surface area contributed by atoms with Crippen molar-refractivity contribution in [1.29, 1.82) is 0 Å². The molecule has 1 saturated heterocycles. The average molecular weight is 310 g/mol. The number of rotatable bonds is 0. The summed E-state index contributed by atoms with van der Waals surface area (Å²) < 4.78 is 5.62. The number of hydrogen-bond donors (Lipinski definition) is 2. The molecule has 0 unspecified atom stereocenters. The summed E-state index contributed by atoms with van der Waals surface area (Å²) in [5, 5.41) is 22.2. The van der Waals surface area contributed by atoms with Crippen LogP contribution in [0.15, 0.2) is 0 Å². The first kappa shape index (κ1) is 16.3. The van der Waals surface area contributed by atoms with Gasteiger partial charge in [0, 0.05) is 5.92 Å². The minimum Gasteiger partial charge on any atom is -0.457 e. The van der Waals surface area contributed by atoms with E-state index >= 15 is 0 Å². The molecule has 0 aromatic heterocycles. The molecule has 2 N–H and O–H groups in total. The van der Waals surface area contributed by atoms with Gasteiger partial charge < -0.3 is 14.9 Å². The molecular formula is C18H30O4. The Labute approximate surface area is 133 Å². The van der Waals surface area contributed by atoms with Crippen molar-refractivity contribution in [2.75, 3.05) is 0 Å². The van der Waals surface area contributed by atoms with Gasteiger partial charge in [0.15, 0.2) is 5.60 Å². The molecule has 22 heavy (non-hydrogen) atoms. The van der Waals surface area contributed by atoms with E-state index in [4.69, 9.17) is 4.74 Å². The van der Waals surface area contributed by atoms with E-state index in [2.05, 4.69) is 27.7 Å². The highest BCUT2D eigenvalue weighted by molar-refractivity contribution is 5.83. The molecular weight excluding hydrogens is 280 g/mol. The van der Waals surface area contributed by atoms with Crippen LogP contribution in [0.3, 0.4) is 0 Å². The highest BCUT2D eigenvalue weighted by Gasteiger charge is 2.72. The Morgan fingerprint density at radius 3 is 2.32 bits per heavy atom. The minimum absolute atomic E-state index is 0.0612. The van der Waals surface area contributed by atoms with Gasteiger partial charge in [-0.05, 0) is 48.9 Å². The standard InChI is InChI=1S/C18H30O4/c1-9-7-12-13(11(9)3)14-18(21,10(2)8-16(12,4)5)17(6,20)15(19)22-14/h9-14,20-21H,7-8H2,1-6H3/t9-,10-,11-,12-,13+,14-,17+,18+/m0/s1. The van der Waals surface area contributed by atoms with E-state index in [1.54, 1.807) is 0 Å². The third kappa shape index (κ3) is 1.74. The molecule has 0 aromatic rings. The number of esters is 1. The Kier molecular flexibility index (Phi) is 3.31. The van der Waals surface area contributed by atoms with Gasteiger partial charge in [0.2, 0.25) is 0 Å². The van der Waals surface area contributed by atoms with Gasteiger partial charge >= 0.3 is 5.97 Å². The highest BCUT2D eigenvalue weighted by atomic mass is 16.6. The summed E-state index contributed by atoms with van der Waals surface area (Å²) in [6, 6.07) is 0. The van der Waals surface area contributed by atoms with Crippen molar-refractivity contribution in [3.8, 4) is 0 Å². The van der Waals surface area contributed by atoms with Gasteiger partial charge in [-0.25, -0.2) is 4.79 Å². The number of fused-ring (bicyclic) bond motifs is 3. The predicted octanol–water partition coefficient (Wildman–Crippen LogP) is 2.37. The fraction of sp³-hybridized carbons (Fsp3) is 0.944. The van der Waals surface area contributed by atoms with Crippen molar-refractivity contribution in [1.82, 2.24) is 0 Å². The third-order valence-electron chi connectivity index (χ3n) is 7.38. The normalized spacial score (nSPS) is 57.0. The van der Waals surface area contributed by atoms with Gasteiger partial charge in [-0.3, -0.25) is 0 Å². The lowest BCUT2D eigenvalue weighted by Gasteiger charge is -2.41. The monoisotopic (exact) mass is 310 g/mol. The van der Waals surface area contributed by atoms with E-state index in [-0.39, 0.29) is 17.3 Å². The average Bonchev–Trinajstić information content (AvgIpc) is 2.76. The summed E-state index contributed by atoms with van der Waals surface area (Å²) in [5.41, 5.74) is -3.27. The van der Waals surface area contributed by atoms with Crippen molar-refractivity contribution >= 4 is 5.97 Å². The summed E-state index contributed by atoms with van der Waals surface area (Å²) in [4.78, 5) is 12.2. The lowest BCUT2D eigenvalue weighted by atomic mass is 9.69. The molecule has 0 bridgehead atoms. The SMILES string of the molecule is C[C@@H]1[C@@H]2[C@H](C[C@@H]1C)C(C)(C)C[C@H](C)[C@@]1(O)[C@H]2OC(=O)[C@@]1(C)O. The molecule has 3 rings (SSSR count). The smallest absolute Gasteiger partial charge is 0.341 e. The van der Waals surface area contributed by atoms with Gasteiger partial charge in [0.1, 0.15) is 11.7 Å². The first-order valence-electron chi connectivity index (χ1n) is 8.60. The molecule has 2 saturated carbocycles. The second-order valence-corrected chi connectivity index (χ2v) is 9.07. The van der Waals surface area contributed by atoms with Crippen LogP contribution >= 0.6 is 0 Å². The van der Waals surface area contributed by atoms with Gasteiger partial charge in [-0.15, -0.1) is 0 Å². The van der Waals surface area contributed by atoms with E-state index in [0.717, 1.165) is 12.8 Å². The fourth-order valence-electron chi connectivity index (χ4n) is 5.83. The highest BCUT2D eigenvalue weighted by Crippen LogP contribution is 2.61. The second-order valence-electron chi connectivity index (χ2n) is 9.07. The molecule has 1 aliphatic heterocycles. The molecule has 0 spiro atoms. The lowest BCUT2D eigenvalue weighted by molar-refractivity contribution is -0.173. The van der Waals surface area contributed by atoms with Crippen LogP contribution in [0.1, 0.15) is 54.4 Å². The number of carbonyl (C=O) groups is 1. The van der Waals surface area contributed by atoms with Crippen LogP contribution in [0.2, 0.25) is 0 Å². The quantitative estimate of drug-likeness (QED) is 0.674. The first-order valence-corrected chi connectivity index (χ1v) is 8.60. The Hall–Kier alpha value is -0.610. The molecule has 2 aliphatic carbocycles. The third-order valence-corrected chi connectivity index (χ3v) is 7.38. The molecule has 3 aliphatic rings. The van der Waals surface area contributed by atoms with Crippen LogP contribution in [0.5, 0.6) is 0 Å². The topological polar surface area (TPSA) is 66.8 Å². The summed E-state index contributed by atoms with van der Waals surface area (Å²) in [7, 11) is 0. The zero-order valence-electron chi connectivity index (χ0n) is 14.6. The molecule has 4 heteroatoms. The van der Waals surface area contributed by atoms with Crippen LogP contribution in [0.4, 0.5) is 0 Å². The fourth-order valence-corrected chi connectivity index (χ4v) is 5.83. The van der Waals surface area contributed by atoms with Crippen molar-refractivity contribution in [3.63, 3.8) is 0 Å². The van der Waals surface area contributed by atoms with Crippen LogP contribution in [-0.2, 0) is 9.53 Å². The van der Waals surface area contributed by atoms with Gasteiger partial charge in [0.05, 0.1) is 0 Å². The number of aliphatic hydroxyl groups is 2. The summed E-state index contributed by atoms with van der Waals surface area (Å²) in [5.74, 6) is 0.557. The van der Waals surface area contributed by atoms with Crippen LogP contribution < -0.4 is 0 Å². The summed E-state index contributed by atoms with van der Waals surface area (Å²) in [6.45, 7) is 12.3. The van der Waals surface area contributed by atoms with Crippen molar-refractivity contribution in [3.05, 3.63) is 0 Å².